The molecule has 0 aromatic heterocycles. The monoisotopic (exact) mass is 361 g/mol. The Labute approximate surface area is 148 Å². The van der Waals surface area contributed by atoms with E-state index in [4.69, 9.17) is 5.73 Å². The van der Waals surface area contributed by atoms with Gasteiger partial charge in [0.15, 0.2) is 0 Å². The van der Waals surface area contributed by atoms with Crippen molar-refractivity contribution in [2.24, 2.45) is 5.73 Å². The van der Waals surface area contributed by atoms with E-state index in [-0.39, 0.29) is 23.3 Å². The van der Waals surface area contributed by atoms with Gasteiger partial charge in [-0.15, -0.1) is 0 Å². The Bertz CT molecular complexity index is 834. The standard InChI is InChI=1S/C18H23N3O3S/c1-13-8-10-16(20-18(22)11-9-14(2)19)12-17(13)25(23,24)21-15-6-4-3-5-7-15/h3-8,10,12,14,21H,9,11,19H2,1-2H3,(H,20,22). The Morgan fingerprint density at radius 2 is 1.80 bits per heavy atom. The van der Waals surface area contributed by atoms with E-state index in [1.54, 1.807) is 49.4 Å². The number of nitrogens with one attached hydrogen (secondary N) is 2. The normalized spacial score (nSPS) is 12.4. The highest BCUT2D eigenvalue weighted by molar-refractivity contribution is 7.92. The van der Waals surface area contributed by atoms with Gasteiger partial charge in [-0.3, -0.25) is 9.52 Å². The molecule has 2 aromatic rings. The minimum atomic E-state index is -3.75. The fraction of sp³-hybridized carbons (Fsp3) is 0.278. The first-order chi connectivity index (χ1) is 11.8. The van der Waals surface area contributed by atoms with Gasteiger partial charge >= 0.3 is 0 Å². The van der Waals surface area contributed by atoms with Crippen molar-refractivity contribution in [2.75, 3.05) is 10.0 Å². The predicted octanol–water partition coefficient (Wildman–Crippen LogP) is 2.86. The molecule has 1 atom stereocenters. The lowest BCUT2D eigenvalue weighted by Crippen LogP contribution is -2.20. The van der Waals surface area contributed by atoms with Gasteiger partial charge in [-0.05, 0) is 50.1 Å². The molecule has 6 nitrogen and oxygen atoms in total. The summed E-state index contributed by atoms with van der Waals surface area (Å²) in [5.74, 6) is -0.194. The van der Waals surface area contributed by atoms with Crippen LogP contribution < -0.4 is 15.8 Å². The summed E-state index contributed by atoms with van der Waals surface area (Å²) in [5, 5.41) is 2.71. The maximum Gasteiger partial charge on any atom is 0.262 e. The van der Waals surface area contributed by atoms with E-state index in [1.807, 2.05) is 6.92 Å². The zero-order chi connectivity index (χ0) is 18.4. The molecule has 7 heteroatoms. The van der Waals surface area contributed by atoms with Crippen LogP contribution in [0.2, 0.25) is 0 Å². The van der Waals surface area contributed by atoms with E-state index in [9.17, 15) is 13.2 Å². The second-order valence-electron chi connectivity index (χ2n) is 6.02. The Morgan fingerprint density at radius 1 is 1.12 bits per heavy atom. The maximum absolute atomic E-state index is 12.6. The van der Waals surface area contributed by atoms with Crippen molar-refractivity contribution in [3.05, 3.63) is 54.1 Å². The molecule has 1 amide bonds. The van der Waals surface area contributed by atoms with Gasteiger partial charge in [0.2, 0.25) is 5.91 Å². The molecule has 0 spiro atoms. The molecule has 2 rings (SSSR count). The molecule has 1 unspecified atom stereocenters. The number of amides is 1. The van der Waals surface area contributed by atoms with Gasteiger partial charge in [-0.25, -0.2) is 8.42 Å². The molecule has 0 aliphatic heterocycles. The number of anilines is 2. The van der Waals surface area contributed by atoms with Gasteiger partial charge in [-0.2, -0.15) is 0 Å². The summed E-state index contributed by atoms with van der Waals surface area (Å²) in [6.45, 7) is 3.54. The van der Waals surface area contributed by atoms with Crippen molar-refractivity contribution in [1.82, 2.24) is 0 Å². The molecule has 0 bridgehead atoms. The van der Waals surface area contributed by atoms with Gasteiger partial charge in [0, 0.05) is 23.8 Å². The number of aryl methyl sites for hydroxylation is 1. The van der Waals surface area contributed by atoms with E-state index in [1.165, 1.54) is 6.07 Å². The molecular formula is C18H23N3O3S. The highest BCUT2D eigenvalue weighted by atomic mass is 32.2. The molecule has 0 saturated carbocycles. The van der Waals surface area contributed by atoms with Crippen molar-refractivity contribution >= 4 is 27.3 Å². The van der Waals surface area contributed by atoms with Crippen molar-refractivity contribution in [1.29, 1.82) is 0 Å². The number of hydrogen-bond donors (Lipinski definition) is 3. The third-order valence-corrected chi connectivity index (χ3v) is 5.14. The molecule has 0 aliphatic rings. The van der Waals surface area contributed by atoms with Crippen molar-refractivity contribution in [3.63, 3.8) is 0 Å². The number of rotatable bonds is 7. The topological polar surface area (TPSA) is 101 Å². The summed E-state index contributed by atoms with van der Waals surface area (Å²) in [4.78, 5) is 12.0. The number of sulfonamides is 1. The van der Waals surface area contributed by atoms with Crippen LogP contribution in [-0.4, -0.2) is 20.4 Å². The van der Waals surface area contributed by atoms with E-state index < -0.39 is 10.0 Å². The number of nitrogens with two attached hydrogens (primary N) is 1. The summed E-state index contributed by atoms with van der Waals surface area (Å²) in [5.41, 5.74) is 7.15. The highest BCUT2D eigenvalue weighted by Crippen LogP contribution is 2.23. The van der Waals surface area contributed by atoms with E-state index >= 15 is 0 Å². The third kappa shape index (κ3) is 5.58. The summed E-state index contributed by atoms with van der Waals surface area (Å²) in [6, 6.07) is 13.4. The lowest BCUT2D eigenvalue weighted by molar-refractivity contribution is -0.116. The number of benzene rings is 2. The Kier molecular flexibility index (Phi) is 6.17. The van der Waals surface area contributed by atoms with Gasteiger partial charge in [-0.1, -0.05) is 24.3 Å². The number of para-hydroxylation sites is 1. The van der Waals surface area contributed by atoms with Crippen LogP contribution in [0.25, 0.3) is 0 Å². The van der Waals surface area contributed by atoms with E-state index in [0.717, 1.165) is 0 Å². The fourth-order valence-corrected chi connectivity index (χ4v) is 3.60. The van der Waals surface area contributed by atoms with Crippen LogP contribution in [-0.2, 0) is 14.8 Å². The largest absolute Gasteiger partial charge is 0.328 e. The number of hydrogen-bond acceptors (Lipinski definition) is 4. The van der Waals surface area contributed by atoms with E-state index in [2.05, 4.69) is 10.0 Å². The highest BCUT2D eigenvalue weighted by Gasteiger charge is 2.18. The van der Waals surface area contributed by atoms with Crippen LogP contribution in [0.5, 0.6) is 0 Å². The molecular weight excluding hydrogens is 338 g/mol. The minimum Gasteiger partial charge on any atom is -0.328 e. The maximum atomic E-state index is 12.6. The predicted molar refractivity (Wildman–Crippen MR) is 99.9 cm³/mol. The summed E-state index contributed by atoms with van der Waals surface area (Å²) in [7, 11) is -3.75. The molecule has 0 heterocycles. The SMILES string of the molecule is Cc1ccc(NC(=O)CCC(C)N)cc1S(=O)(=O)Nc1ccccc1. The van der Waals surface area contributed by atoms with Gasteiger partial charge in [0.05, 0.1) is 4.90 Å². The van der Waals surface area contributed by atoms with Crippen LogP contribution in [0.4, 0.5) is 11.4 Å². The van der Waals surface area contributed by atoms with E-state index in [0.29, 0.717) is 23.4 Å². The van der Waals surface area contributed by atoms with Crippen LogP contribution in [0.15, 0.2) is 53.4 Å². The third-order valence-electron chi connectivity index (χ3n) is 3.61. The molecule has 0 saturated heterocycles. The van der Waals surface area contributed by atoms with Gasteiger partial charge in [0.1, 0.15) is 0 Å². The Hall–Kier alpha value is -2.38. The second-order valence-corrected chi connectivity index (χ2v) is 7.67. The number of carbonyl (C=O) groups excluding carboxylic acids is 1. The van der Waals surface area contributed by atoms with Crippen LogP contribution >= 0.6 is 0 Å². The molecule has 2 aromatic carbocycles. The Balaban J connectivity index is 2.19. The lowest BCUT2D eigenvalue weighted by atomic mass is 10.2. The number of carbonyl (C=O) groups is 1. The molecule has 0 fully saturated rings. The zero-order valence-electron chi connectivity index (χ0n) is 14.3. The smallest absolute Gasteiger partial charge is 0.262 e. The summed E-state index contributed by atoms with van der Waals surface area (Å²) >= 11 is 0. The van der Waals surface area contributed by atoms with Crippen LogP contribution in [0.1, 0.15) is 25.3 Å². The molecule has 134 valence electrons. The molecule has 0 radical (unpaired) electrons. The summed E-state index contributed by atoms with van der Waals surface area (Å²) < 4.78 is 27.8. The first-order valence-corrected chi connectivity index (χ1v) is 9.50. The first-order valence-electron chi connectivity index (χ1n) is 8.02. The molecule has 0 aliphatic carbocycles. The first kappa shape index (κ1) is 19.0. The van der Waals surface area contributed by atoms with Crippen LogP contribution in [0.3, 0.4) is 0 Å². The van der Waals surface area contributed by atoms with Crippen molar-refractivity contribution in [3.8, 4) is 0 Å². The van der Waals surface area contributed by atoms with Crippen LogP contribution in [0, 0.1) is 6.92 Å². The average molecular weight is 361 g/mol. The van der Waals surface area contributed by atoms with Crippen molar-refractivity contribution < 1.29 is 13.2 Å². The second kappa shape index (κ2) is 8.13. The zero-order valence-corrected chi connectivity index (χ0v) is 15.1. The lowest BCUT2D eigenvalue weighted by Gasteiger charge is -2.13. The van der Waals surface area contributed by atoms with Gasteiger partial charge < -0.3 is 11.1 Å². The Morgan fingerprint density at radius 3 is 2.44 bits per heavy atom. The van der Waals surface area contributed by atoms with Gasteiger partial charge in [0.25, 0.3) is 10.0 Å². The molecule has 25 heavy (non-hydrogen) atoms. The van der Waals surface area contributed by atoms with Crippen molar-refractivity contribution in [2.45, 2.75) is 37.6 Å². The fourth-order valence-electron chi connectivity index (χ4n) is 2.27. The average Bonchev–Trinajstić information content (AvgIpc) is 2.55. The molecule has 4 N–H and O–H groups in total. The summed E-state index contributed by atoms with van der Waals surface area (Å²) in [6.07, 6.45) is 0.855. The minimum absolute atomic E-state index is 0.0604. The quantitative estimate of drug-likeness (QED) is 0.706.